The molecule has 1 rings (SSSR count). The van der Waals surface area contributed by atoms with E-state index in [0.29, 0.717) is 0 Å². The van der Waals surface area contributed by atoms with E-state index in [0.717, 1.165) is 13.1 Å². The van der Waals surface area contributed by atoms with Gasteiger partial charge in [0.2, 0.25) is 5.91 Å². The monoisotopic (exact) mass is 242 g/mol. The molecule has 1 aliphatic heterocycles. The molecule has 0 bridgehead atoms. The van der Waals surface area contributed by atoms with E-state index in [4.69, 9.17) is 4.74 Å². The van der Waals surface area contributed by atoms with Crippen molar-refractivity contribution in [1.82, 2.24) is 10.2 Å². The first-order valence-electron chi connectivity index (χ1n) is 6.26. The molecule has 0 saturated carbocycles. The highest BCUT2D eigenvalue weighted by atomic mass is 16.5. The third-order valence-corrected chi connectivity index (χ3v) is 2.83. The third kappa shape index (κ3) is 5.04. The molecule has 4 heteroatoms. The van der Waals surface area contributed by atoms with Gasteiger partial charge in [-0.1, -0.05) is 0 Å². The highest BCUT2D eigenvalue weighted by Gasteiger charge is 2.34. The van der Waals surface area contributed by atoms with Crippen LogP contribution in [-0.4, -0.2) is 47.7 Å². The molecule has 100 valence electrons. The SMILES string of the molecule is CC(C)(C)OCC(=O)NC1CN(C(C)(C)C)C1. The van der Waals surface area contributed by atoms with E-state index in [-0.39, 0.29) is 29.7 Å². The molecule has 1 saturated heterocycles. The molecule has 4 nitrogen and oxygen atoms in total. The van der Waals surface area contributed by atoms with Crippen LogP contribution >= 0.6 is 0 Å². The zero-order chi connectivity index (χ0) is 13.3. The molecule has 17 heavy (non-hydrogen) atoms. The summed E-state index contributed by atoms with van der Waals surface area (Å²) in [5.41, 5.74) is -0.0580. The van der Waals surface area contributed by atoms with Gasteiger partial charge >= 0.3 is 0 Å². The first-order valence-corrected chi connectivity index (χ1v) is 6.26. The highest BCUT2D eigenvalue weighted by Crippen LogP contribution is 2.20. The van der Waals surface area contributed by atoms with Crippen LogP contribution in [-0.2, 0) is 9.53 Å². The first kappa shape index (κ1) is 14.5. The Morgan fingerprint density at radius 3 is 2.18 bits per heavy atom. The Bertz CT molecular complexity index is 270. The molecule has 1 heterocycles. The maximum Gasteiger partial charge on any atom is 0.246 e. The molecule has 1 amide bonds. The number of amides is 1. The average molecular weight is 242 g/mol. The largest absolute Gasteiger partial charge is 0.366 e. The van der Waals surface area contributed by atoms with Crippen molar-refractivity contribution in [1.29, 1.82) is 0 Å². The van der Waals surface area contributed by atoms with Crippen molar-refractivity contribution in [2.24, 2.45) is 0 Å². The van der Waals surface area contributed by atoms with Crippen molar-refractivity contribution in [3.8, 4) is 0 Å². The molecule has 0 aromatic rings. The average Bonchev–Trinajstić information content (AvgIpc) is 2.03. The molecule has 0 atom stereocenters. The number of carbonyl (C=O) groups excluding carboxylic acids is 1. The number of ether oxygens (including phenoxy) is 1. The van der Waals surface area contributed by atoms with Gasteiger partial charge in [-0.2, -0.15) is 0 Å². The zero-order valence-corrected chi connectivity index (χ0v) is 12.0. The van der Waals surface area contributed by atoms with E-state index in [9.17, 15) is 4.79 Å². The van der Waals surface area contributed by atoms with Crippen LogP contribution in [0.25, 0.3) is 0 Å². The maximum atomic E-state index is 11.6. The molecule has 0 aliphatic carbocycles. The minimum absolute atomic E-state index is 0.0153. The van der Waals surface area contributed by atoms with Gasteiger partial charge in [-0.05, 0) is 41.5 Å². The Morgan fingerprint density at radius 1 is 1.24 bits per heavy atom. The number of likely N-dealkylation sites (tertiary alicyclic amines) is 1. The second kappa shape index (κ2) is 4.94. The summed E-state index contributed by atoms with van der Waals surface area (Å²) in [6.07, 6.45) is 0. The lowest BCUT2D eigenvalue weighted by atomic mass is 9.98. The van der Waals surface area contributed by atoms with Crippen LogP contribution in [0.2, 0.25) is 0 Å². The molecule has 0 aromatic carbocycles. The molecule has 0 radical (unpaired) electrons. The second-order valence-corrected chi connectivity index (χ2v) is 6.74. The normalized spacial score (nSPS) is 18.9. The van der Waals surface area contributed by atoms with Gasteiger partial charge in [0, 0.05) is 18.6 Å². The molecule has 0 aromatic heterocycles. The standard InChI is InChI=1S/C13H26N2O2/c1-12(2,3)15-7-10(8-15)14-11(16)9-17-13(4,5)6/h10H,7-9H2,1-6H3,(H,14,16). The Morgan fingerprint density at radius 2 is 1.76 bits per heavy atom. The van der Waals surface area contributed by atoms with Crippen molar-refractivity contribution in [3.63, 3.8) is 0 Å². The Hall–Kier alpha value is -0.610. The molecule has 0 spiro atoms. The van der Waals surface area contributed by atoms with Crippen LogP contribution in [0.3, 0.4) is 0 Å². The summed E-state index contributed by atoms with van der Waals surface area (Å²) in [5.74, 6) is -0.0153. The first-order chi connectivity index (χ1) is 7.58. The minimum atomic E-state index is -0.256. The maximum absolute atomic E-state index is 11.6. The molecular weight excluding hydrogens is 216 g/mol. The van der Waals surface area contributed by atoms with E-state index < -0.39 is 0 Å². The van der Waals surface area contributed by atoms with Crippen molar-refractivity contribution < 1.29 is 9.53 Å². The number of nitrogens with one attached hydrogen (secondary N) is 1. The van der Waals surface area contributed by atoms with Crippen molar-refractivity contribution >= 4 is 5.91 Å². The van der Waals surface area contributed by atoms with Gasteiger partial charge in [0.1, 0.15) is 6.61 Å². The van der Waals surface area contributed by atoms with Crippen LogP contribution < -0.4 is 5.32 Å². The van der Waals surface area contributed by atoms with Crippen LogP contribution in [0, 0.1) is 0 Å². The van der Waals surface area contributed by atoms with Gasteiger partial charge in [0.15, 0.2) is 0 Å². The number of rotatable bonds is 3. The van der Waals surface area contributed by atoms with E-state index in [1.54, 1.807) is 0 Å². The fraction of sp³-hybridized carbons (Fsp3) is 0.923. The van der Waals surface area contributed by atoms with Crippen LogP contribution in [0.15, 0.2) is 0 Å². The number of hydrogen-bond acceptors (Lipinski definition) is 3. The van der Waals surface area contributed by atoms with Gasteiger partial charge < -0.3 is 10.1 Å². The predicted molar refractivity (Wildman–Crippen MR) is 69.0 cm³/mol. The molecule has 0 unspecified atom stereocenters. The van der Waals surface area contributed by atoms with Gasteiger partial charge in [-0.3, -0.25) is 9.69 Å². The fourth-order valence-electron chi connectivity index (χ4n) is 1.67. The third-order valence-electron chi connectivity index (χ3n) is 2.83. The van der Waals surface area contributed by atoms with E-state index >= 15 is 0 Å². The molecular formula is C13H26N2O2. The zero-order valence-electron chi connectivity index (χ0n) is 12.0. The van der Waals surface area contributed by atoms with Crippen molar-refractivity contribution in [2.45, 2.75) is 58.7 Å². The summed E-state index contributed by atoms with van der Waals surface area (Å²) in [6, 6.07) is 0.283. The Balaban J connectivity index is 2.19. The van der Waals surface area contributed by atoms with Crippen LogP contribution in [0.4, 0.5) is 0 Å². The lowest BCUT2D eigenvalue weighted by molar-refractivity contribution is -0.133. The number of carbonyl (C=O) groups is 1. The smallest absolute Gasteiger partial charge is 0.246 e. The van der Waals surface area contributed by atoms with Crippen molar-refractivity contribution in [3.05, 3.63) is 0 Å². The van der Waals surface area contributed by atoms with E-state index in [1.165, 1.54) is 0 Å². The summed E-state index contributed by atoms with van der Waals surface area (Å²) in [4.78, 5) is 13.9. The summed E-state index contributed by atoms with van der Waals surface area (Å²) in [6.45, 7) is 14.4. The topological polar surface area (TPSA) is 41.6 Å². The summed E-state index contributed by atoms with van der Waals surface area (Å²) >= 11 is 0. The predicted octanol–water partition coefficient (Wildman–Crippen LogP) is 1.40. The number of hydrogen-bond donors (Lipinski definition) is 1. The quantitative estimate of drug-likeness (QED) is 0.813. The number of nitrogens with zero attached hydrogens (tertiary/aromatic N) is 1. The van der Waals surface area contributed by atoms with Crippen molar-refractivity contribution in [2.75, 3.05) is 19.7 Å². The van der Waals surface area contributed by atoms with Gasteiger partial charge in [-0.25, -0.2) is 0 Å². The minimum Gasteiger partial charge on any atom is -0.366 e. The fourth-order valence-corrected chi connectivity index (χ4v) is 1.67. The molecule has 1 aliphatic rings. The van der Waals surface area contributed by atoms with Crippen LogP contribution in [0.5, 0.6) is 0 Å². The summed E-state index contributed by atoms with van der Waals surface area (Å²) < 4.78 is 5.43. The van der Waals surface area contributed by atoms with Gasteiger partial charge in [0.05, 0.1) is 11.6 Å². The lowest BCUT2D eigenvalue weighted by Gasteiger charge is -2.47. The molecule has 1 fully saturated rings. The Kier molecular flexibility index (Phi) is 4.20. The van der Waals surface area contributed by atoms with E-state index in [1.807, 2.05) is 20.8 Å². The highest BCUT2D eigenvalue weighted by molar-refractivity contribution is 5.77. The Labute approximate surface area is 105 Å². The molecule has 1 N–H and O–H groups in total. The van der Waals surface area contributed by atoms with Crippen LogP contribution in [0.1, 0.15) is 41.5 Å². The van der Waals surface area contributed by atoms with Gasteiger partial charge in [-0.15, -0.1) is 0 Å². The van der Waals surface area contributed by atoms with E-state index in [2.05, 4.69) is 31.0 Å². The summed E-state index contributed by atoms with van der Waals surface area (Å²) in [5, 5.41) is 2.99. The van der Waals surface area contributed by atoms with Gasteiger partial charge in [0.25, 0.3) is 0 Å². The lowest BCUT2D eigenvalue weighted by Crippen LogP contribution is -2.64. The summed E-state index contributed by atoms with van der Waals surface area (Å²) in [7, 11) is 0. The second-order valence-electron chi connectivity index (χ2n) is 6.74.